The second-order valence-electron chi connectivity index (χ2n) is 14.9. The van der Waals surface area contributed by atoms with Gasteiger partial charge >= 0.3 is 0 Å². The third-order valence-corrected chi connectivity index (χ3v) is 11.4. The fourth-order valence-corrected chi connectivity index (χ4v) is 8.64. The van der Waals surface area contributed by atoms with Crippen LogP contribution >= 0.6 is 0 Å². The Bertz CT molecular complexity index is 4690. The van der Waals surface area contributed by atoms with E-state index in [2.05, 4.69) is 28.8 Å². The zero-order valence-electron chi connectivity index (χ0n) is 47.8. The summed E-state index contributed by atoms with van der Waals surface area (Å²) in [5.41, 5.74) is 3.33. The molecule has 0 spiro atoms. The van der Waals surface area contributed by atoms with E-state index in [9.17, 15) is 6.85 Å². The second-order valence-corrected chi connectivity index (χ2v) is 14.9. The number of benzene rings is 9. The Balaban J connectivity index is 1.07. The Kier molecular flexibility index (Phi) is 5.19. The van der Waals surface area contributed by atoms with Crippen LogP contribution in [0.3, 0.4) is 0 Å². The van der Waals surface area contributed by atoms with Crippen LogP contribution in [0.4, 0.5) is 0 Å². The lowest BCUT2D eigenvalue weighted by Crippen LogP contribution is -2.02. The van der Waals surface area contributed by atoms with Gasteiger partial charge in [0.1, 0.15) is 0 Å². The smallest absolute Gasteiger partial charge is 0.164 e. The van der Waals surface area contributed by atoms with Gasteiger partial charge in [-0.3, -0.25) is 0 Å². The van der Waals surface area contributed by atoms with Gasteiger partial charge in [0.15, 0.2) is 17.5 Å². The molecule has 0 unspecified atom stereocenters. The minimum atomic E-state index is -0.725. The molecule has 0 amide bonds. The van der Waals surface area contributed by atoms with Crippen LogP contribution in [-0.2, 0) is 0 Å². The molecule has 0 aliphatic rings. The fourth-order valence-electron chi connectivity index (χ4n) is 8.64. The summed E-state index contributed by atoms with van der Waals surface area (Å²) in [6.07, 6.45) is 0. The van der Waals surface area contributed by atoms with Crippen LogP contribution in [0.2, 0.25) is 0 Å². The van der Waals surface area contributed by atoms with Crippen LogP contribution in [-0.4, -0.2) is 28.7 Å². The number of aromatic nitrogens is 6. The quantitative estimate of drug-likeness (QED) is 0.168. The fraction of sp³-hybridized carbons (Fsp3) is 0. The molecule has 294 valence electrons. The highest BCUT2D eigenvalue weighted by molar-refractivity contribution is 6.12. The molecule has 4 heterocycles. The van der Waals surface area contributed by atoms with Crippen molar-refractivity contribution in [2.45, 2.75) is 0 Å². The van der Waals surface area contributed by atoms with Gasteiger partial charge in [0.2, 0.25) is 0 Å². The molecule has 0 aliphatic carbocycles. The highest BCUT2D eigenvalue weighted by Crippen LogP contribution is 2.38. The van der Waals surface area contributed by atoms with Crippen molar-refractivity contribution in [2.24, 2.45) is 0 Å². The Morgan fingerprint density at radius 3 is 1.27 bits per heavy atom. The van der Waals surface area contributed by atoms with Gasteiger partial charge in [-0.15, -0.1) is 0 Å². The third-order valence-electron chi connectivity index (χ3n) is 11.4. The molecule has 0 atom stereocenters. The summed E-state index contributed by atoms with van der Waals surface area (Å²) in [4.78, 5) is 15.0. The molecule has 6 nitrogen and oxygen atoms in total. The van der Waals surface area contributed by atoms with Gasteiger partial charge in [0, 0.05) is 66.1 Å². The molecule has 9 aromatic carbocycles. The van der Waals surface area contributed by atoms with Crippen molar-refractivity contribution in [3.05, 3.63) is 218 Å². The molecule has 0 N–H and O–H groups in total. The predicted molar refractivity (Wildman–Crippen MR) is 259 cm³/mol. The van der Waals surface area contributed by atoms with E-state index in [-0.39, 0.29) is 55.1 Å². The molecule has 0 bridgehead atoms. The average Bonchev–Trinajstić information content (AvgIpc) is 3.95. The standard InChI is InChI=1S/C57H36N6/c1-2-16-37(17-3-1)55-58-56(38-18-14-20-40(34-38)61-49-27-9-4-22-43(49)44-23-5-10-28-50(44)61)60-57(59-55)39-19-15-21-41(35-39)62-53-31-13-8-26-47(53)48-36-42(32-33-54(48)62)63-51-29-11-6-24-45(51)46-25-7-12-30-52(46)63/h1-36H/i6D,7D,8D,11D,12D,13D,24D,25D,26D,29D,30D,31D,32D,33D,36D. The lowest BCUT2D eigenvalue weighted by Gasteiger charge is -2.13. The molecule has 4 aromatic heterocycles. The topological polar surface area (TPSA) is 53.5 Å². The summed E-state index contributed by atoms with van der Waals surface area (Å²) in [6, 6.07) is 30.6. The third kappa shape index (κ3) is 5.55. The molecule has 0 radical (unpaired) electrons. The summed E-state index contributed by atoms with van der Waals surface area (Å²) in [5.74, 6) is 0.922. The number of nitrogens with zero attached hydrogens (tertiary/aromatic N) is 6. The maximum absolute atomic E-state index is 10.0. The first-order valence-corrected chi connectivity index (χ1v) is 20.1. The van der Waals surface area contributed by atoms with Crippen LogP contribution in [0.15, 0.2) is 218 Å². The second kappa shape index (κ2) is 14.0. The van der Waals surface area contributed by atoms with Crippen molar-refractivity contribution in [3.63, 3.8) is 0 Å². The molecular formula is C57H36N6. The molecule has 6 heteroatoms. The van der Waals surface area contributed by atoms with E-state index in [0.717, 1.165) is 32.1 Å². The zero-order valence-corrected chi connectivity index (χ0v) is 32.8. The molecule has 0 fully saturated rings. The number of hydrogen-bond donors (Lipinski definition) is 0. The van der Waals surface area contributed by atoms with E-state index < -0.39 is 96.3 Å². The van der Waals surface area contributed by atoms with Crippen molar-refractivity contribution < 1.29 is 20.6 Å². The van der Waals surface area contributed by atoms with Crippen molar-refractivity contribution in [3.8, 4) is 51.2 Å². The van der Waals surface area contributed by atoms with E-state index in [4.69, 9.17) is 28.7 Å². The van der Waals surface area contributed by atoms with Crippen molar-refractivity contribution >= 4 is 65.4 Å². The number of para-hydroxylation sites is 5. The molecule has 0 saturated heterocycles. The van der Waals surface area contributed by atoms with Gasteiger partial charge in [-0.25, -0.2) is 15.0 Å². The molecule has 63 heavy (non-hydrogen) atoms. The van der Waals surface area contributed by atoms with Crippen LogP contribution in [0.1, 0.15) is 20.6 Å². The van der Waals surface area contributed by atoms with Crippen molar-refractivity contribution in [2.75, 3.05) is 0 Å². The Hall–Kier alpha value is -8.61. The van der Waals surface area contributed by atoms with Crippen molar-refractivity contribution in [1.29, 1.82) is 0 Å². The van der Waals surface area contributed by atoms with Gasteiger partial charge in [-0.1, -0.05) is 145 Å². The average molecular weight is 820 g/mol. The summed E-state index contributed by atoms with van der Waals surface area (Å²) < 4.78 is 141. The maximum Gasteiger partial charge on any atom is 0.164 e. The molecule has 13 aromatic rings. The highest BCUT2D eigenvalue weighted by Gasteiger charge is 2.19. The SMILES string of the molecule is [2H]c1c([2H])c([2H])c2c(c1[2H])c1c([2H])c(-n3c4c([2H])c([2H])c([2H])c([2H])c4c4c([2H])c([2H])c([2H])c([2H])c43)c([2H])c([2H])c1n2-c1cccc(-c2nc(-c3ccccc3)nc(-c3cccc(-n4c5ccccc5c5ccccc54)c3)n2)c1. The Labute approximate surface area is 383 Å². The van der Waals surface area contributed by atoms with Crippen LogP contribution in [0, 0.1) is 0 Å². The van der Waals surface area contributed by atoms with Gasteiger partial charge in [-0.2, -0.15) is 0 Å². The Morgan fingerprint density at radius 1 is 0.302 bits per heavy atom. The lowest BCUT2D eigenvalue weighted by atomic mass is 10.1. The summed E-state index contributed by atoms with van der Waals surface area (Å²) >= 11 is 0. The van der Waals surface area contributed by atoms with Gasteiger partial charge < -0.3 is 13.7 Å². The van der Waals surface area contributed by atoms with Crippen LogP contribution < -0.4 is 0 Å². The maximum atomic E-state index is 10.0. The Morgan fingerprint density at radius 2 is 0.714 bits per heavy atom. The molecule has 0 saturated carbocycles. The van der Waals surface area contributed by atoms with E-state index in [1.165, 1.54) is 4.57 Å². The number of hydrogen-bond acceptors (Lipinski definition) is 3. The van der Waals surface area contributed by atoms with Gasteiger partial charge in [0.25, 0.3) is 0 Å². The summed E-state index contributed by atoms with van der Waals surface area (Å²) in [7, 11) is 0. The summed E-state index contributed by atoms with van der Waals surface area (Å²) in [6.45, 7) is 0. The lowest BCUT2D eigenvalue weighted by molar-refractivity contribution is 1.07. The molecule has 13 rings (SSSR count). The van der Waals surface area contributed by atoms with E-state index in [1.54, 1.807) is 24.3 Å². The normalized spacial score (nSPS) is 15.1. The van der Waals surface area contributed by atoms with Crippen molar-refractivity contribution in [1.82, 2.24) is 28.7 Å². The predicted octanol–water partition coefficient (Wildman–Crippen LogP) is 14.2. The van der Waals surface area contributed by atoms with Gasteiger partial charge in [-0.05, 0) is 72.7 Å². The monoisotopic (exact) mass is 819 g/mol. The van der Waals surface area contributed by atoms with E-state index in [0.29, 0.717) is 28.3 Å². The minimum Gasteiger partial charge on any atom is -0.309 e. The first kappa shape index (κ1) is 23.4. The minimum absolute atomic E-state index is 0.152. The van der Waals surface area contributed by atoms with Crippen LogP contribution in [0.25, 0.3) is 117 Å². The first-order valence-electron chi connectivity index (χ1n) is 27.6. The number of rotatable bonds is 6. The number of fused-ring (bicyclic) bond motifs is 9. The zero-order chi connectivity index (χ0) is 54.5. The summed E-state index contributed by atoms with van der Waals surface area (Å²) in [5, 5.41) is 1.16. The first-order chi connectivity index (χ1) is 37.5. The van der Waals surface area contributed by atoms with E-state index >= 15 is 0 Å². The van der Waals surface area contributed by atoms with Gasteiger partial charge in [0.05, 0.1) is 53.7 Å². The molecule has 0 aliphatic heterocycles. The largest absolute Gasteiger partial charge is 0.309 e. The molecular weight excluding hydrogens is 769 g/mol. The highest BCUT2D eigenvalue weighted by atomic mass is 15.0. The van der Waals surface area contributed by atoms with Crippen LogP contribution in [0.5, 0.6) is 0 Å². The van der Waals surface area contributed by atoms with E-state index in [1.807, 2.05) is 78.9 Å².